The number of aryl methyl sites for hydroxylation is 1. The van der Waals surface area contributed by atoms with Crippen molar-refractivity contribution in [1.82, 2.24) is 9.66 Å². The molecule has 0 fully saturated rings. The molecule has 9 heteroatoms. The van der Waals surface area contributed by atoms with Gasteiger partial charge < -0.3 is 18.9 Å². The maximum atomic E-state index is 13.9. The zero-order valence-corrected chi connectivity index (χ0v) is 27.0. The topological polar surface area (TPSA) is 101 Å². The van der Waals surface area contributed by atoms with Crippen molar-refractivity contribution >= 4 is 23.1 Å². The van der Waals surface area contributed by atoms with Crippen molar-refractivity contribution < 1.29 is 23.7 Å². The van der Waals surface area contributed by atoms with Crippen LogP contribution in [0.4, 0.5) is 0 Å². The Kier molecular flexibility index (Phi) is 10.8. The second kappa shape index (κ2) is 14.7. The monoisotopic (exact) mass is 611 g/mol. The molecule has 0 unspecified atom stereocenters. The predicted molar refractivity (Wildman–Crippen MR) is 178 cm³/mol. The van der Waals surface area contributed by atoms with Crippen LogP contribution in [0.25, 0.3) is 22.3 Å². The van der Waals surface area contributed by atoms with Gasteiger partial charge in [-0.25, -0.2) is 9.78 Å². The first-order chi connectivity index (χ1) is 21.6. The Morgan fingerprint density at radius 3 is 2.42 bits per heavy atom. The van der Waals surface area contributed by atoms with Gasteiger partial charge in [0, 0.05) is 11.1 Å². The Bertz CT molecular complexity index is 1790. The van der Waals surface area contributed by atoms with E-state index >= 15 is 0 Å². The van der Waals surface area contributed by atoms with Crippen LogP contribution in [0.3, 0.4) is 0 Å². The molecule has 0 bridgehead atoms. The molecule has 0 radical (unpaired) electrons. The number of nitrogens with zero attached hydrogens (tertiary/aromatic N) is 3. The van der Waals surface area contributed by atoms with E-state index in [0.29, 0.717) is 53.4 Å². The second-order valence-corrected chi connectivity index (χ2v) is 10.8. The zero-order chi connectivity index (χ0) is 32.7. The first-order valence-corrected chi connectivity index (χ1v) is 15.1. The van der Waals surface area contributed by atoms with E-state index in [1.54, 1.807) is 31.3 Å². The Labute approximate surface area is 264 Å². The van der Waals surface area contributed by atoms with Gasteiger partial charge in [-0.05, 0) is 93.1 Å². The van der Waals surface area contributed by atoms with Crippen molar-refractivity contribution in [2.24, 2.45) is 5.10 Å². The van der Waals surface area contributed by atoms with Gasteiger partial charge in [0.2, 0.25) is 0 Å². The molecule has 1 heterocycles. The minimum atomic E-state index is -0.852. The number of hydrogen-bond acceptors (Lipinski definition) is 8. The van der Waals surface area contributed by atoms with Crippen molar-refractivity contribution in [2.75, 3.05) is 20.3 Å². The van der Waals surface area contributed by atoms with E-state index in [2.05, 4.69) is 20.4 Å². The van der Waals surface area contributed by atoms with E-state index in [0.717, 1.165) is 28.0 Å². The van der Waals surface area contributed by atoms with Crippen LogP contribution in [-0.2, 0) is 16.0 Å². The normalized spacial score (nSPS) is 12.0. The van der Waals surface area contributed by atoms with Gasteiger partial charge in [-0.2, -0.15) is 9.78 Å². The molecule has 1 atom stereocenters. The predicted octanol–water partition coefficient (Wildman–Crippen LogP) is 6.84. The van der Waals surface area contributed by atoms with Crippen LogP contribution in [0.2, 0.25) is 0 Å². The maximum Gasteiger partial charge on any atom is 0.346 e. The van der Waals surface area contributed by atoms with Gasteiger partial charge in [0.05, 0.1) is 37.4 Å². The highest BCUT2D eigenvalue weighted by Gasteiger charge is 2.22. The first kappa shape index (κ1) is 33.0. The van der Waals surface area contributed by atoms with Gasteiger partial charge in [0.1, 0.15) is 5.75 Å². The lowest BCUT2D eigenvalue weighted by Crippen LogP contribution is -2.25. The molecule has 0 amide bonds. The summed E-state index contributed by atoms with van der Waals surface area (Å²) in [7, 11) is 1.31. The van der Waals surface area contributed by atoms with Crippen LogP contribution >= 0.6 is 0 Å². The third-order valence-electron chi connectivity index (χ3n) is 7.24. The lowest BCUT2D eigenvalue weighted by atomic mass is 9.96. The number of hydrogen-bond donors (Lipinski definition) is 0. The molecule has 4 rings (SSSR count). The molecule has 0 saturated carbocycles. The molecular formula is C36H41N3O6. The number of methoxy groups -OCH3 is 1. The van der Waals surface area contributed by atoms with Crippen LogP contribution in [0.5, 0.6) is 17.2 Å². The molecule has 0 aliphatic carbocycles. The summed E-state index contributed by atoms with van der Waals surface area (Å²) in [5.41, 5.74) is 4.38. The first-order valence-electron chi connectivity index (χ1n) is 15.1. The van der Waals surface area contributed by atoms with Gasteiger partial charge in [-0.15, -0.1) is 6.58 Å². The summed E-state index contributed by atoms with van der Waals surface area (Å²) in [6, 6.07) is 14.9. The van der Waals surface area contributed by atoms with Gasteiger partial charge in [0.15, 0.2) is 23.4 Å². The molecule has 0 N–H and O–H groups in total. The molecule has 0 aliphatic rings. The summed E-state index contributed by atoms with van der Waals surface area (Å²) < 4.78 is 24.0. The van der Waals surface area contributed by atoms with Crippen molar-refractivity contribution in [2.45, 2.75) is 60.0 Å². The highest BCUT2D eigenvalue weighted by molar-refractivity contribution is 5.84. The smallest absolute Gasteiger partial charge is 0.346 e. The van der Waals surface area contributed by atoms with E-state index < -0.39 is 12.1 Å². The van der Waals surface area contributed by atoms with Crippen molar-refractivity contribution in [3.8, 4) is 28.6 Å². The number of carbonyl (C=O) groups excluding carboxylic acids is 1. The number of rotatable bonds is 13. The number of fused-ring (bicyclic) bond motifs is 1. The number of esters is 1. The molecule has 45 heavy (non-hydrogen) atoms. The number of benzene rings is 3. The number of para-hydroxylation sites is 1. The fraction of sp³-hybridized carbons (Fsp3) is 0.333. The molecule has 0 spiro atoms. The van der Waals surface area contributed by atoms with Crippen molar-refractivity contribution in [1.29, 1.82) is 0 Å². The third-order valence-corrected chi connectivity index (χ3v) is 7.24. The molecule has 236 valence electrons. The summed E-state index contributed by atoms with van der Waals surface area (Å²) in [5.74, 6) is 1.76. The summed E-state index contributed by atoms with van der Waals surface area (Å²) >= 11 is 0. The van der Waals surface area contributed by atoms with Crippen LogP contribution in [0.15, 0.2) is 71.1 Å². The fourth-order valence-electron chi connectivity index (χ4n) is 5.05. The van der Waals surface area contributed by atoms with Gasteiger partial charge in [-0.3, -0.25) is 4.79 Å². The van der Waals surface area contributed by atoms with E-state index in [4.69, 9.17) is 29.0 Å². The minimum absolute atomic E-state index is 0.179. The molecule has 9 nitrogen and oxygen atoms in total. The summed E-state index contributed by atoms with van der Waals surface area (Å²) in [5, 5.41) is 5.15. The second-order valence-electron chi connectivity index (χ2n) is 10.8. The molecule has 0 aliphatic heterocycles. The number of ether oxygens (including phenoxy) is 4. The number of allylic oxidation sites excluding steroid dienone is 1. The van der Waals surface area contributed by atoms with Crippen LogP contribution in [0.1, 0.15) is 62.8 Å². The Hall–Kier alpha value is -4.92. The average Bonchev–Trinajstić information content (AvgIpc) is 3.02. The Morgan fingerprint density at radius 2 is 1.76 bits per heavy atom. The lowest BCUT2D eigenvalue weighted by Gasteiger charge is -2.19. The molecule has 3 aromatic carbocycles. The van der Waals surface area contributed by atoms with Crippen LogP contribution < -0.4 is 19.8 Å². The number of carbonyl (C=O) groups is 1. The standard InChI is InChI=1S/C36H41N3O6/c1-9-14-26-18-25(19-32(44-11-3)33(26)45-24(7)36(41)42-8)21-37-39-34(38-30-16-13-12-15-27(30)35(39)40)29-20-28(22(4)5)31(43-10-2)17-23(29)6/h9,12-13,15-22,24H,1,10-11,14H2,2-8H3/t24-/m1/s1. The van der Waals surface area contributed by atoms with Crippen molar-refractivity contribution in [3.63, 3.8) is 0 Å². The fourth-order valence-corrected chi connectivity index (χ4v) is 5.05. The SMILES string of the molecule is C=CCc1cc(C=Nn2c(-c3cc(C(C)C)c(OCC)cc3C)nc3ccccc3c2=O)cc(OCC)c1O[C@H](C)C(=O)OC. The average molecular weight is 612 g/mol. The Morgan fingerprint density at radius 1 is 1.04 bits per heavy atom. The molecule has 0 saturated heterocycles. The van der Waals surface area contributed by atoms with Gasteiger partial charge in [-0.1, -0.05) is 32.1 Å². The summed E-state index contributed by atoms with van der Waals surface area (Å²) in [6.45, 7) is 16.4. The highest BCUT2D eigenvalue weighted by atomic mass is 16.6. The highest BCUT2D eigenvalue weighted by Crippen LogP contribution is 2.36. The molecule has 4 aromatic rings. The molecular weight excluding hydrogens is 570 g/mol. The lowest BCUT2D eigenvalue weighted by molar-refractivity contribution is -0.147. The van der Waals surface area contributed by atoms with Gasteiger partial charge in [0.25, 0.3) is 5.56 Å². The van der Waals surface area contributed by atoms with E-state index in [1.165, 1.54) is 11.8 Å². The quantitative estimate of drug-likeness (QED) is 0.0926. The van der Waals surface area contributed by atoms with E-state index in [-0.39, 0.29) is 11.5 Å². The number of aromatic nitrogens is 2. The Balaban J connectivity index is 1.92. The third kappa shape index (κ3) is 7.25. The van der Waals surface area contributed by atoms with Crippen LogP contribution in [0, 0.1) is 6.92 Å². The zero-order valence-electron chi connectivity index (χ0n) is 27.0. The summed E-state index contributed by atoms with van der Waals surface area (Å²) in [4.78, 5) is 31.0. The van der Waals surface area contributed by atoms with E-state index in [1.807, 2.05) is 57.2 Å². The van der Waals surface area contributed by atoms with Crippen LogP contribution in [-0.4, -0.2) is 48.3 Å². The van der Waals surface area contributed by atoms with Gasteiger partial charge >= 0.3 is 5.97 Å². The summed E-state index contributed by atoms with van der Waals surface area (Å²) in [6.07, 6.45) is 2.92. The van der Waals surface area contributed by atoms with Crippen molar-refractivity contribution in [3.05, 3.63) is 93.8 Å². The molecule has 1 aromatic heterocycles. The largest absolute Gasteiger partial charge is 0.494 e. The minimum Gasteiger partial charge on any atom is -0.494 e. The van der Waals surface area contributed by atoms with E-state index in [9.17, 15) is 9.59 Å². The maximum absolute atomic E-state index is 13.9.